The lowest BCUT2D eigenvalue weighted by Gasteiger charge is -2.09. The van der Waals surface area contributed by atoms with Gasteiger partial charge in [0, 0.05) is 31.3 Å². The molecule has 1 aromatic carbocycles. The van der Waals surface area contributed by atoms with Crippen molar-refractivity contribution in [1.82, 2.24) is 5.32 Å². The average Bonchev–Trinajstić information content (AvgIpc) is 2.74. The molecule has 0 aliphatic carbocycles. The van der Waals surface area contributed by atoms with Crippen LogP contribution < -0.4 is 5.32 Å². The Bertz CT molecular complexity index is 351. The standard InChI is InChI=1S/C12H15F2NO/c13-11-2-1-10(12(14)5-11)7-15-6-9-3-4-16-8-9/h1-2,5,9,15H,3-4,6-8H2. The monoisotopic (exact) mass is 227 g/mol. The average molecular weight is 227 g/mol. The van der Waals surface area contributed by atoms with Gasteiger partial charge in [-0.2, -0.15) is 0 Å². The summed E-state index contributed by atoms with van der Waals surface area (Å²) < 4.78 is 31.1. The Labute approximate surface area is 93.6 Å². The summed E-state index contributed by atoms with van der Waals surface area (Å²) in [6.07, 6.45) is 1.05. The minimum Gasteiger partial charge on any atom is -0.381 e. The van der Waals surface area contributed by atoms with Gasteiger partial charge in [0.1, 0.15) is 11.6 Å². The fraction of sp³-hybridized carbons (Fsp3) is 0.500. The zero-order valence-corrected chi connectivity index (χ0v) is 9.01. The van der Waals surface area contributed by atoms with E-state index in [1.165, 1.54) is 12.1 Å². The number of hydrogen-bond donors (Lipinski definition) is 1. The van der Waals surface area contributed by atoms with Crippen LogP contribution in [0.2, 0.25) is 0 Å². The van der Waals surface area contributed by atoms with Gasteiger partial charge < -0.3 is 10.1 Å². The number of hydrogen-bond acceptors (Lipinski definition) is 2. The third-order valence-corrected chi connectivity index (χ3v) is 2.79. The first-order valence-electron chi connectivity index (χ1n) is 5.48. The number of rotatable bonds is 4. The first-order chi connectivity index (χ1) is 7.75. The number of benzene rings is 1. The van der Waals surface area contributed by atoms with Gasteiger partial charge >= 0.3 is 0 Å². The van der Waals surface area contributed by atoms with Crippen LogP contribution in [0.1, 0.15) is 12.0 Å². The second kappa shape index (κ2) is 5.37. The van der Waals surface area contributed by atoms with Gasteiger partial charge in [-0.25, -0.2) is 8.78 Å². The smallest absolute Gasteiger partial charge is 0.130 e. The Morgan fingerprint density at radius 2 is 2.25 bits per heavy atom. The molecular formula is C12H15F2NO. The topological polar surface area (TPSA) is 21.3 Å². The second-order valence-corrected chi connectivity index (χ2v) is 4.10. The molecule has 2 nitrogen and oxygen atoms in total. The van der Waals surface area contributed by atoms with Crippen LogP contribution in [-0.2, 0) is 11.3 Å². The highest BCUT2D eigenvalue weighted by atomic mass is 19.1. The highest BCUT2D eigenvalue weighted by Gasteiger charge is 2.14. The summed E-state index contributed by atoms with van der Waals surface area (Å²) in [7, 11) is 0. The predicted molar refractivity (Wildman–Crippen MR) is 57.0 cm³/mol. The van der Waals surface area contributed by atoms with Crippen molar-refractivity contribution in [3.05, 3.63) is 35.4 Å². The van der Waals surface area contributed by atoms with Crippen molar-refractivity contribution in [1.29, 1.82) is 0 Å². The van der Waals surface area contributed by atoms with Crippen molar-refractivity contribution >= 4 is 0 Å². The van der Waals surface area contributed by atoms with Crippen LogP contribution in [0.3, 0.4) is 0 Å². The highest BCUT2D eigenvalue weighted by molar-refractivity contribution is 5.18. The molecule has 1 heterocycles. The molecule has 0 aromatic heterocycles. The molecule has 0 radical (unpaired) electrons. The maximum Gasteiger partial charge on any atom is 0.130 e. The lowest BCUT2D eigenvalue weighted by molar-refractivity contribution is 0.185. The summed E-state index contributed by atoms with van der Waals surface area (Å²) in [6, 6.07) is 3.66. The first kappa shape index (κ1) is 11.5. The van der Waals surface area contributed by atoms with Gasteiger partial charge in [-0.05, 0) is 18.4 Å². The molecule has 1 unspecified atom stereocenters. The van der Waals surface area contributed by atoms with Crippen molar-refractivity contribution in [2.24, 2.45) is 5.92 Å². The highest BCUT2D eigenvalue weighted by Crippen LogP contribution is 2.12. The fourth-order valence-electron chi connectivity index (χ4n) is 1.82. The molecule has 4 heteroatoms. The van der Waals surface area contributed by atoms with Crippen molar-refractivity contribution in [2.45, 2.75) is 13.0 Å². The lowest BCUT2D eigenvalue weighted by Crippen LogP contribution is -2.23. The second-order valence-electron chi connectivity index (χ2n) is 4.10. The lowest BCUT2D eigenvalue weighted by atomic mass is 10.1. The Kier molecular flexibility index (Phi) is 3.85. The Hall–Kier alpha value is -1.00. The molecular weight excluding hydrogens is 212 g/mol. The predicted octanol–water partition coefficient (Wildman–Crippen LogP) is 2.09. The third kappa shape index (κ3) is 3.00. The van der Waals surface area contributed by atoms with Crippen LogP contribution >= 0.6 is 0 Å². The minimum atomic E-state index is -0.537. The molecule has 1 aliphatic heterocycles. The summed E-state index contributed by atoms with van der Waals surface area (Å²) in [5.41, 5.74) is 0.500. The van der Waals surface area contributed by atoms with Crippen LogP contribution in [0.25, 0.3) is 0 Å². The maximum absolute atomic E-state index is 13.2. The van der Waals surface area contributed by atoms with Gasteiger partial charge in [0.2, 0.25) is 0 Å². The summed E-state index contributed by atoms with van der Waals surface area (Å²) >= 11 is 0. The molecule has 88 valence electrons. The number of halogens is 2. The fourth-order valence-corrected chi connectivity index (χ4v) is 1.82. The summed E-state index contributed by atoms with van der Waals surface area (Å²) in [6.45, 7) is 2.84. The first-order valence-corrected chi connectivity index (χ1v) is 5.48. The SMILES string of the molecule is Fc1ccc(CNCC2CCOC2)c(F)c1. The Balaban J connectivity index is 1.80. The molecule has 0 saturated carbocycles. The quantitative estimate of drug-likeness (QED) is 0.850. The molecule has 1 fully saturated rings. The van der Waals surface area contributed by atoms with E-state index in [-0.39, 0.29) is 0 Å². The van der Waals surface area contributed by atoms with Gasteiger partial charge in [-0.15, -0.1) is 0 Å². The van der Waals surface area contributed by atoms with E-state index in [0.717, 1.165) is 32.2 Å². The molecule has 1 N–H and O–H groups in total. The van der Waals surface area contributed by atoms with Crippen molar-refractivity contribution in [3.63, 3.8) is 0 Å². The molecule has 1 aromatic rings. The number of nitrogens with one attached hydrogen (secondary N) is 1. The van der Waals surface area contributed by atoms with E-state index in [1.54, 1.807) is 0 Å². The van der Waals surface area contributed by atoms with Gasteiger partial charge in [0.05, 0.1) is 6.61 Å². The molecule has 1 saturated heterocycles. The molecule has 1 atom stereocenters. The summed E-state index contributed by atoms with van der Waals surface area (Å²) in [5, 5.41) is 3.16. The summed E-state index contributed by atoms with van der Waals surface area (Å²) in [5.74, 6) is -0.510. The van der Waals surface area contributed by atoms with Crippen molar-refractivity contribution < 1.29 is 13.5 Å². The minimum absolute atomic E-state index is 0.433. The van der Waals surface area contributed by atoms with Crippen LogP contribution in [0.4, 0.5) is 8.78 Å². The molecule has 0 spiro atoms. The Morgan fingerprint density at radius 3 is 2.94 bits per heavy atom. The van der Waals surface area contributed by atoms with E-state index < -0.39 is 11.6 Å². The third-order valence-electron chi connectivity index (χ3n) is 2.79. The van der Waals surface area contributed by atoms with E-state index in [0.29, 0.717) is 18.0 Å². The van der Waals surface area contributed by atoms with Gasteiger partial charge in [-0.1, -0.05) is 6.07 Å². The van der Waals surface area contributed by atoms with E-state index >= 15 is 0 Å². The zero-order chi connectivity index (χ0) is 11.4. The van der Waals surface area contributed by atoms with Crippen molar-refractivity contribution in [2.75, 3.05) is 19.8 Å². The number of ether oxygens (including phenoxy) is 1. The normalized spacial score (nSPS) is 20.2. The van der Waals surface area contributed by atoms with E-state index in [2.05, 4.69) is 5.32 Å². The van der Waals surface area contributed by atoms with E-state index in [1.807, 2.05) is 0 Å². The van der Waals surface area contributed by atoms with Crippen LogP contribution in [-0.4, -0.2) is 19.8 Å². The Morgan fingerprint density at radius 1 is 1.38 bits per heavy atom. The van der Waals surface area contributed by atoms with Crippen LogP contribution in [0.15, 0.2) is 18.2 Å². The molecule has 0 bridgehead atoms. The summed E-state index contributed by atoms with van der Waals surface area (Å²) in [4.78, 5) is 0. The van der Waals surface area contributed by atoms with Crippen LogP contribution in [0.5, 0.6) is 0 Å². The van der Waals surface area contributed by atoms with Gasteiger partial charge in [-0.3, -0.25) is 0 Å². The zero-order valence-electron chi connectivity index (χ0n) is 9.01. The maximum atomic E-state index is 13.2. The van der Waals surface area contributed by atoms with Crippen LogP contribution in [0, 0.1) is 17.6 Å². The van der Waals surface area contributed by atoms with Gasteiger partial charge in [0.25, 0.3) is 0 Å². The molecule has 2 rings (SSSR count). The van der Waals surface area contributed by atoms with E-state index in [9.17, 15) is 8.78 Å². The molecule has 0 amide bonds. The molecule has 1 aliphatic rings. The van der Waals surface area contributed by atoms with Crippen molar-refractivity contribution in [3.8, 4) is 0 Å². The largest absolute Gasteiger partial charge is 0.381 e. The van der Waals surface area contributed by atoms with E-state index in [4.69, 9.17) is 4.74 Å². The molecule has 16 heavy (non-hydrogen) atoms. The van der Waals surface area contributed by atoms with Gasteiger partial charge in [0.15, 0.2) is 0 Å².